The van der Waals surface area contributed by atoms with Crippen LogP contribution in [0.3, 0.4) is 0 Å². The van der Waals surface area contributed by atoms with E-state index >= 15 is 0 Å². The average molecular weight is 237 g/mol. The first kappa shape index (κ1) is 14.0. The van der Waals surface area contributed by atoms with E-state index in [0.29, 0.717) is 12.5 Å². The lowest BCUT2D eigenvalue weighted by Gasteiger charge is -2.12. The normalized spacial score (nSPS) is 12.4. The molecule has 0 aliphatic carbocycles. The van der Waals surface area contributed by atoms with Gasteiger partial charge in [0.15, 0.2) is 0 Å². The van der Waals surface area contributed by atoms with Crippen LogP contribution in [0.4, 0.5) is 0 Å². The van der Waals surface area contributed by atoms with Crippen molar-refractivity contribution in [2.45, 2.75) is 26.8 Å². The molecule has 1 unspecified atom stereocenters. The van der Waals surface area contributed by atoms with Gasteiger partial charge in [-0.25, -0.2) is 0 Å². The van der Waals surface area contributed by atoms with Crippen molar-refractivity contribution in [3.8, 4) is 5.75 Å². The molecule has 0 saturated carbocycles. The summed E-state index contributed by atoms with van der Waals surface area (Å²) in [5.41, 5.74) is 1.24. The number of aliphatic hydroxyl groups is 1. The molecule has 0 fully saturated rings. The quantitative estimate of drug-likeness (QED) is 0.728. The predicted octanol–water partition coefficient (Wildman–Crippen LogP) is 2.19. The van der Waals surface area contributed by atoms with E-state index < -0.39 is 0 Å². The molecule has 0 saturated heterocycles. The lowest BCUT2D eigenvalue weighted by Crippen LogP contribution is -2.24. The summed E-state index contributed by atoms with van der Waals surface area (Å²) in [4.78, 5) is 0. The zero-order valence-corrected chi connectivity index (χ0v) is 10.8. The zero-order valence-electron chi connectivity index (χ0n) is 10.8. The maximum atomic E-state index is 9.06. The number of benzene rings is 1. The Balaban J connectivity index is 2.31. The van der Waals surface area contributed by atoms with E-state index in [1.165, 1.54) is 5.56 Å². The van der Waals surface area contributed by atoms with Gasteiger partial charge in [-0.15, -0.1) is 0 Å². The molecule has 0 spiro atoms. The van der Waals surface area contributed by atoms with Crippen molar-refractivity contribution in [2.24, 2.45) is 5.92 Å². The molecule has 3 nitrogen and oxygen atoms in total. The molecule has 17 heavy (non-hydrogen) atoms. The van der Waals surface area contributed by atoms with Crippen molar-refractivity contribution < 1.29 is 9.84 Å². The van der Waals surface area contributed by atoms with Crippen LogP contribution in [0.5, 0.6) is 5.75 Å². The SMILES string of the molecule is CCOc1ccc(CNCC(CC)CO)cc1. The first-order valence-corrected chi connectivity index (χ1v) is 6.33. The van der Waals surface area contributed by atoms with Crippen molar-refractivity contribution in [2.75, 3.05) is 19.8 Å². The Hall–Kier alpha value is -1.06. The fraction of sp³-hybridized carbons (Fsp3) is 0.571. The Bertz CT molecular complexity index is 294. The van der Waals surface area contributed by atoms with Gasteiger partial charge in [0.1, 0.15) is 5.75 Å². The van der Waals surface area contributed by atoms with Gasteiger partial charge in [0.2, 0.25) is 0 Å². The van der Waals surface area contributed by atoms with Gasteiger partial charge in [0.25, 0.3) is 0 Å². The van der Waals surface area contributed by atoms with Crippen LogP contribution >= 0.6 is 0 Å². The smallest absolute Gasteiger partial charge is 0.119 e. The molecule has 0 bridgehead atoms. The number of aliphatic hydroxyl groups excluding tert-OH is 1. The molecule has 1 atom stereocenters. The second kappa shape index (κ2) is 8.09. The van der Waals surface area contributed by atoms with Crippen LogP contribution in [0.2, 0.25) is 0 Å². The molecule has 96 valence electrons. The third-order valence-electron chi connectivity index (χ3n) is 2.83. The van der Waals surface area contributed by atoms with E-state index in [1.54, 1.807) is 0 Å². The lowest BCUT2D eigenvalue weighted by molar-refractivity contribution is 0.218. The molecular formula is C14H23NO2. The Morgan fingerprint density at radius 1 is 1.24 bits per heavy atom. The number of hydrogen-bond donors (Lipinski definition) is 2. The molecule has 3 heteroatoms. The Kier molecular flexibility index (Phi) is 6.67. The van der Waals surface area contributed by atoms with Crippen molar-refractivity contribution >= 4 is 0 Å². The van der Waals surface area contributed by atoms with Gasteiger partial charge in [0, 0.05) is 19.7 Å². The van der Waals surface area contributed by atoms with E-state index in [2.05, 4.69) is 24.4 Å². The lowest BCUT2D eigenvalue weighted by atomic mass is 10.1. The van der Waals surface area contributed by atoms with Gasteiger partial charge in [-0.1, -0.05) is 19.1 Å². The van der Waals surface area contributed by atoms with E-state index in [4.69, 9.17) is 9.84 Å². The van der Waals surface area contributed by atoms with Crippen molar-refractivity contribution in [1.82, 2.24) is 5.32 Å². The fourth-order valence-corrected chi connectivity index (χ4v) is 1.63. The molecule has 0 amide bonds. The molecule has 2 N–H and O–H groups in total. The predicted molar refractivity (Wildman–Crippen MR) is 70.2 cm³/mol. The van der Waals surface area contributed by atoms with Gasteiger partial charge >= 0.3 is 0 Å². The highest BCUT2D eigenvalue weighted by molar-refractivity contribution is 5.27. The molecule has 1 aromatic carbocycles. The zero-order chi connectivity index (χ0) is 12.5. The molecular weight excluding hydrogens is 214 g/mol. The standard InChI is InChI=1S/C14H23NO2/c1-3-12(11-16)9-15-10-13-5-7-14(8-6-13)17-4-2/h5-8,12,15-16H,3-4,9-11H2,1-2H3. The van der Waals surface area contributed by atoms with Crippen LogP contribution in [-0.4, -0.2) is 24.9 Å². The molecule has 0 aliphatic heterocycles. The summed E-state index contributed by atoms with van der Waals surface area (Å²) in [5, 5.41) is 12.4. The van der Waals surface area contributed by atoms with Gasteiger partial charge < -0.3 is 15.2 Å². The van der Waals surface area contributed by atoms with Crippen molar-refractivity contribution in [1.29, 1.82) is 0 Å². The molecule has 0 aromatic heterocycles. The highest BCUT2D eigenvalue weighted by atomic mass is 16.5. The van der Waals surface area contributed by atoms with E-state index in [0.717, 1.165) is 25.3 Å². The highest BCUT2D eigenvalue weighted by Gasteiger charge is 2.03. The molecule has 1 aromatic rings. The van der Waals surface area contributed by atoms with Crippen LogP contribution in [-0.2, 0) is 6.54 Å². The first-order valence-electron chi connectivity index (χ1n) is 6.33. The minimum atomic E-state index is 0.257. The summed E-state index contributed by atoms with van der Waals surface area (Å²) in [6.45, 7) is 6.73. The van der Waals surface area contributed by atoms with E-state index in [-0.39, 0.29) is 6.61 Å². The Morgan fingerprint density at radius 2 is 1.94 bits per heavy atom. The number of ether oxygens (including phenoxy) is 1. The number of rotatable bonds is 8. The second-order valence-corrected chi connectivity index (χ2v) is 4.16. The third kappa shape index (κ3) is 5.20. The van der Waals surface area contributed by atoms with Crippen LogP contribution < -0.4 is 10.1 Å². The van der Waals surface area contributed by atoms with Crippen LogP contribution in [0.1, 0.15) is 25.8 Å². The third-order valence-corrected chi connectivity index (χ3v) is 2.83. The topological polar surface area (TPSA) is 41.5 Å². The van der Waals surface area contributed by atoms with Crippen molar-refractivity contribution in [3.63, 3.8) is 0 Å². The van der Waals surface area contributed by atoms with Gasteiger partial charge in [0.05, 0.1) is 6.61 Å². The highest BCUT2D eigenvalue weighted by Crippen LogP contribution is 2.12. The summed E-state index contributed by atoms with van der Waals surface area (Å²) in [6.07, 6.45) is 1.01. The average Bonchev–Trinajstić information content (AvgIpc) is 2.37. The minimum absolute atomic E-state index is 0.257. The Labute approximate surface area is 104 Å². The number of hydrogen-bond acceptors (Lipinski definition) is 3. The van der Waals surface area contributed by atoms with Gasteiger partial charge in [-0.3, -0.25) is 0 Å². The maximum absolute atomic E-state index is 9.06. The maximum Gasteiger partial charge on any atom is 0.119 e. The minimum Gasteiger partial charge on any atom is -0.494 e. The second-order valence-electron chi connectivity index (χ2n) is 4.16. The van der Waals surface area contributed by atoms with Gasteiger partial charge in [-0.2, -0.15) is 0 Å². The van der Waals surface area contributed by atoms with Crippen LogP contribution in [0.25, 0.3) is 0 Å². The first-order chi connectivity index (χ1) is 8.30. The van der Waals surface area contributed by atoms with Crippen LogP contribution in [0, 0.1) is 5.92 Å². The van der Waals surface area contributed by atoms with E-state index in [1.807, 2.05) is 19.1 Å². The van der Waals surface area contributed by atoms with Crippen molar-refractivity contribution in [3.05, 3.63) is 29.8 Å². The summed E-state index contributed by atoms with van der Waals surface area (Å²) in [5.74, 6) is 1.27. The summed E-state index contributed by atoms with van der Waals surface area (Å²) < 4.78 is 5.38. The monoisotopic (exact) mass is 237 g/mol. The summed E-state index contributed by atoms with van der Waals surface area (Å²) in [7, 11) is 0. The molecule has 0 heterocycles. The summed E-state index contributed by atoms with van der Waals surface area (Å²) in [6, 6.07) is 8.11. The molecule has 1 rings (SSSR count). The summed E-state index contributed by atoms with van der Waals surface area (Å²) >= 11 is 0. The Morgan fingerprint density at radius 3 is 2.47 bits per heavy atom. The van der Waals surface area contributed by atoms with E-state index in [9.17, 15) is 0 Å². The molecule has 0 aliphatic rings. The number of nitrogens with one attached hydrogen (secondary N) is 1. The van der Waals surface area contributed by atoms with Gasteiger partial charge in [-0.05, 0) is 37.0 Å². The largest absolute Gasteiger partial charge is 0.494 e. The fourth-order valence-electron chi connectivity index (χ4n) is 1.63. The van der Waals surface area contributed by atoms with Crippen LogP contribution in [0.15, 0.2) is 24.3 Å². The molecule has 0 radical (unpaired) electrons.